The van der Waals surface area contributed by atoms with Crippen molar-refractivity contribution in [3.05, 3.63) is 29.8 Å². The van der Waals surface area contributed by atoms with Crippen LogP contribution in [0, 0.1) is 11.7 Å². The van der Waals surface area contributed by atoms with E-state index in [0.717, 1.165) is 25.1 Å². The molecule has 0 saturated heterocycles. The third kappa shape index (κ3) is 4.05. The highest BCUT2D eigenvalue weighted by atomic mass is 19.1. The summed E-state index contributed by atoms with van der Waals surface area (Å²) in [6.07, 6.45) is 3.45. The van der Waals surface area contributed by atoms with E-state index in [9.17, 15) is 4.39 Å². The molecule has 2 nitrogen and oxygen atoms in total. The quantitative estimate of drug-likeness (QED) is 0.799. The molecule has 0 spiro atoms. The average molecular weight is 252 g/mol. The minimum absolute atomic E-state index is 0.267. The molecule has 0 aliphatic heterocycles. The first-order valence-electron chi connectivity index (χ1n) is 6.94. The number of hydrogen-bond acceptors (Lipinski definition) is 2. The lowest BCUT2D eigenvalue weighted by Crippen LogP contribution is -2.39. The van der Waals surface area contributed by atoms with Crippen LogP contribution in [0.1, 0.15) is 52.1 Å². The Labute approximate surface area is 110 Å². The van der Waals surface area contributed by atoms with Crippen molar-refractivity contribution < 1.29 is 4.39 Å². The monoisotopic (exact) mass is 252 g/mol. The van der Waals surface area contributed by atoms with Gasteiger partial charge in [-0.1, -0.05) is 27.7 Å². The van der Waals surface area contributed by atoms with Gasteiger partial charge in [-0.05, 0) is 37.4 Å². The van der Waals surface area contributed by atoms with Crippen LogP contribution in [-0.4, -0.2) is 17.6 Å². The fourth-order valence-corrected chi connectivity index (χ4v) is 2.41. The van der Waals surface area contributed by atoms with Crippen LogP contribution in [0.4, 0.5) is 4.39 Å². The molecule has 102 valence electrons. The highest BCUT2D eigenvalue weighted by molar-refractivity contribution is 5.13. The lowest BCUT2D eigenvalue weighted by molar-refractivity contribution is 0.331. The Morgan fingerprint density at radius 1 is 1.28 bits per heavy atom. The SMILES string of the molecule is CCCNC(C(C)C)C(CC)c1ccc(F)cn1. The molecule has 0 saturated carbocycles. The molecular formula is C15H25FN2. The summed E-state index contributed by atoms with van der Waals surface area (Å²) in [6, 6.07) is 3.71. The van der Waals surface area contributed by atoms with Crippen LogP contribution in [0.5, 0.6) is 0 Å². The van der Waals surface area contributed by atoms with Gasteiger partial charge in [-0.25, -0.2) is 4.39 Å². The smallest absolute Gasteiger partial charge is 0.141 e. The van der Waals surface area contributed by atoms with E-state index in [-0.39, 0.29) is 5.82 Å². The summed E-state index contributed by atoms with van der Waals surface area (Å²) in [6.45, 7) is 9.79. The summed E-state index contributed by atoms with van der Waals surface area (Å²) in [5.74, 6) is 0.613. The molecule has 2 unspecified atom stereocenters. The van der Waals surface area contributed by atoms with Gasteiger partial charge < -0.3 is 5.32 Å². The molecule has 1 rings (SSSR count). The number of rotatable bonds is 7. The van der Waals surface area contributed by atoms with E-state index in [1.54, 1.807) is 0 Å². The molecule has 0 radical (unpaired) electrons. The predicted molar refractivity (Wildman–Crippen MR) is 74.1 cm³/mol. The Kier molecular flexibility index (Phi) is 6.27. The molecular weight excluding hydrogens is 227 g/mol. The summed E-state index contributed by atoms with van der Waals surface area (Å²) in [5.41, 5.74) is 0.987. The van der Waals surface area contributed by atoms with Crippen molar-refractivity contribution in [3.63, 3.8) is 0 Å². The van der Waals surface area contributed by atoms with E-state index in [4.69, 9.17) is 0 Å². The van der Waals surface area contributed by atoms with E-state index in [1.165, 1.54) is 12.3 Å². The van der Waals surface area contributed by atoms with Gasteiger partial charge in [0.05, 0.1) is 6.20 Å². The molecule has 0 aliphatic rings. The molecule has 1 aromatic heterocycles. The Balaban J connectivity index is 2.87. The normalized spacial score (nSPS) is 14.8. The Hall–Kier alpha value is -0.960. The first kappa shape index (κ1) is 15.1. The molecule has 1 heterocycles. The van der Waals surface area contributed by atoms with Crippen LogP contribution >= 0.6 is 0 Å². The van der Waals surface area contributed by atoms with Crippen molar-refractivity contribution in [2.45, 2.75) is 52.5 Å². The van der Waals surface area contributed by atoms with Gasteiger partial charge in [0.1, 0.15) is 5.82 Å². The van der Waals surface area contributed by atoms with Crippen molar-refractivity contribution >= 4 is 0 Å². The third-order valence-corrected chi connectivity index (χ3v) is 3.35. The minimum atomic E-state index is -0.267. The Morgan fingerprint density at radius 2 is 2.00 bits per heavy atom. The van der Waals surface area contributed by atoms with Crippen molar-refractivity contribution in [1.82, 2.24) is 10.3 Å². The Bertz CT molecular complexity index is 335. The van der Waals surface area contributed by atoms with Crippen molar-refractivity contribution in [2.75, 3.05) is 6.54 Å². The van der Waals surface area contributed by atoms with Crippen molar-refractivity contribution in [1.29, 1.82) is 0 Å². The zero-order valence-electron chi connectivity index (χ0n) is 11.9. The molecule has 0 bridgehead atoms. The predicted octanol–water partition coefficient (Wildman–Crippen LogP) is 3.74. The molecule has 0 aromatic carbocycles. The van der Waals surface area contributed by atoms with Crippen LogP contribution in [0.25, 0.3) is 0 Å². The van der Waals surface area contributed by atoms with Crippen LogP contribution < -0.4 is 5.32 Å². The summed E-state index contributed by atoms with van der Waals surface area (Å²) in [7, 11) is 0. The molecule has 0 fully saturated rings. The summed E-state index contributed by atoms with van der Waals surface area (Å²) >= 11 is 0. The maximum Gasteiger partial charge on any atom is 0.141 e. The molecule has 3 heteroatoms. The van der Waals surface area contributed by atoms with E-state index in [1.807, 2.05) is 6.07 Å². The van der Waals surface area contributed by atoms with Gasteiger partial charge in [0, 0.05) is 17.7 Å². The largest absolute Gasteiger partial charge is 0.313 e. The topological polar surface area (TPSA) is 24.9 Å². The molecule has 0 aliphatic carbocycles. The van der Waals surface area contributed by atoms with Crippen LogP contribution in [-0.2, 0) is 0 Å². The highest BCUT2D eigenvalue weighted by Gasteiger charge is 2.24. The van der Waals surface area contributed by atoms with Gasteiger partial charge >= 0.3 is 0 Å². The average Bonchev–Trinajstić information content (AvgIpc) is 2.35. The zero-order valence-corrected chi connectivity index (χ0v) is 11.9. The number of aromatic nitrogens is 1. The van der Waals surface area contributed by atoms with Gasteiger partial charge in [-0.2, -0.15) is 0 Å². The second-order valence-electron chi connectivity index (χ2n) is 5.14. The van der Waals surface area contributed by atoms with E-state index in [2.05, 4.69) is 38.0 Å². The van der Waals surface area contributed by atoms with E-state index in [0.29, 0.717) is 17.9 Å². The number of hydrogen-bond donors (Lipinski definition) is 1. The van der Waals surface area contributed by atoms with E-state index < -0.39 is 0 Å². The second kappa shape index (κ2) is 7.47. The second-order valence-corrected chi connectivity index (χ2v) is 5.14. The van der Waals surface area contributed by atoms with Crippen LogP contribution in [0.3, 0.4) is 0 Å². The maximum absolute atomic E-state index is 12.9. The van der Waals surface area contributed by atoms with Gasteiger partial charge in [0.2, 0.25) is 0 Å². The number of pyridine rings is 1. The molecule has 0 amide bonds. The van der Waals surface area contributed by atoms with E-state index >= 15 is 0 Å². The Morgan fingerprint density at radius 3 is 2.44 bits per heavy atom. The van der Waals surface area contributed by atoms with Gasteiger partial charge in [-0.3, -0.25) is 4.98 Å². The summed E-state index contributed by atoms with van der Waals surface area (Å²) in [4.78, 5) is 4.25. The first-order chi connectivity index (χ1) is 8.60. The number of nitrogens with zero attached hydrogens (tertiary/aromatic N) is 1. The van der Waals surface area contributed by atoms with Gasteiger partial charge in [0.25, 0.3) is 0 Å². The molecule has 1 aromatic rings. The standard InChI is InChI=1S/C15H25FN2/c1-5-9-17-15(11(3)4)13(6-2)14-8-7-12(16)10-18-14/h7-8,10-11,13,15,17H,5-6,9H2,1-4H3. The van der Waals surface area contributed by atoms with Crippen LogP contribution in [0.2, 0.25) is 0 Å². The first-order valence-corrected chi connectivity index (χ1v) is 6.94. The maximum atomic E-state index is 12.9. The van der Waals surface area contributed by atoms with Crippen LogP contribution in [0.15, 0.2) is 18.3 Å². The molecule has 18 heavy (non-hydrogen) atoms. The number of nitrogens with one attached hydrogen (secondary N) is 1. The third-order valence-electron chi connectivity index (χ3n) is 3.35. The van der Waals surface area contributed by atoms with Crippen molar-refractivity contribution in [2.24, 2.45) is 5.92 Å². The highest BCUT2D eigenvalue weighted by Crippen LogP contribution is 2.26. The summed E-state index contributed by atoms with van der Waals surface area (Å²) < 4.78 is 12.9. The van der Waals surface area contributed by atoms with Crippen molar-refractivity contribution in [3.8, 4) is 0 Å². The number of halogens is 1. The zero-order chi connectivity index (χ0) is 13.5. The lowest BCUT2D eigenvalue weighted by atomic mass is 9.85. The molecule has 2 atom stereocenters. The van der Waals surface area contributed by atoms with Gasteiger partial charge in [0.15, 0.2) is 0 Å². The summed E-state index contributed by atoms with van der Waals surface area (Å²) in [5, 5.41) is 3.60. The van der Waals surface area contributed by atoms with Gasteiger partial charge in [-0.15, -0.1) is 0 Å². The fraction of sp³-hybridized carbons (Fsp3) is 0.667. The molecule has 1 N–H and O–H groups in total. The fourth-order valence-electron chi connectivity index (χ4n) is 2.41. The minimum Gasteiger partial charge on any atom is -0.313 e. The lowest BCUT2D eigenvalue weighted by Gasteiger charge is -2.30.